The SMILES string of the molecule is COC(=O)c1nc(C2CC2)nc(NC2(/C=C/c3c(F)cccc3F)CC2)c1Cl. The molecule has 0 amide bonds. The third-order valence-electron chi connectivity index (χ3n) is 4.91. The molecule has 0 bridgehead atoms. The molecule has 0 unspecified atom stereocenters. The first-order chi connectivity index (χ1) is 13.4. The van der Waals surface area contributed by atoms with Gasteiger partial charge < -0.3 is 10.1 Å². The Labute approximate surface area is 165 Å². The van der Waals surface area contributed by atoms with E-state index in [1.165, 1.54) is 31.4 Å². The number of methoxy groups -OCH3 is 1. The van der Waals surface area contributed by atoms with Crippen LogP contribution in [0.5, 0.6) is 0 Å². The summed E-state index contributed by atoms with van der Waals surface area (Å²) in [6, 6.07) is 3.74. The summed E-state index contributed by atoms with van der Waals surface area (Å²) in [5, 5.41) is 3.30. The van der Waals surface area contributed by atoms with Gasteiger partial charge in [0.25, 0.3) is 0 Å². The summed E-state index contributed by atoms with van der Waals surface area (Å²) in [4.78, 5) is 20.8. The molecular weight excluding hydrogens is 388 g/mol. The molecule has 0 aliphatic heterocycles. The van der Waals surface area contributed by atoms with E-state index < -0.39 is 23.1 Å². The molecule has 28 heavy (non-hydrogen) atoms. The van der Waals surface area contributed by atoms with E-state index >= 15 is 0 Å². The summed E-state index contributed by atoms with van der Waals surface area (Å²) in [7, 11) is 1.26. The van der Waals surface area contributed by atoms with E-state index in [0.717, 1.165) is 25.7 Å². The van der Waals surface area contributed by atoms with E-state index in [1.807, 2.05) is 0 Å². The van der Waals surface area contributed by atoms with E-state index in [9.17, 15) is 13.6 Å². The molecule has 0 atom stereocenters. The van der Waals surface area contributed by atoms with Crippen LogP contribution in [0.15, 0.2) is 24.3 Å². The maximum Gasteiger partial charge on any atom is 0.358 e. The van der Waals surface area contributed by atoms with Gasteiger partial charge in [0.1, 0.15) is 28.3 Å². The van der Waals surface area contributed by atoms with Gasteiger partial charge in [0, 0.05) is 11.5 Å². The highest BCUT2D eigenvalue weighted by Crippen LogP contribution is 2.44. The Bertz CT molecular complexity index is 952. The first-order valence-corrected chi connectivity index (χ1v) is 9.37. The smallest absolute Gasteiger partial charge is 0.358 e. The summed E-state index contributed by atoms with van der Waals surface area (Å²) in [5.74, 6) is -0.805. The van der Waals surface area contributed by atoms with Crippen molar-refractivity contribution >= 4 is 29.5 Å². The van der Waals surface area contributed by atoms with Crippen molar-refractivity contribution < 1.29 is 18.3 Å². The van der Waals surface area contributed by atoms with E-state index in [2.05, 4.69) is 15.3 Å². The number of halogens is 3. The van der Waals surface area contributed by atoms with Crippen molar-refractivity contribution in [2.45, 2.75) is 37.1 Å². The van der Waals surface area contributed by atoms with Gasteiger partial charge in [0.05, 0.1) is 12.6 Å². The molecular formula is C20H18ClF2N3O2. The van der Waals surface area contributed by atoms with E-state index in [1.54, 1.807) is 6.08 Å². The molecule has 2 saturated carbocycles. The van der Waals surface area contributed by atoms with Crippen LogP contribution in [0.4, 0.5) is 14.6 Å². The minimum absolute atomic E-state index is 0.0171. The molecule has 0 saturated heterocycles. The summed E-state index contributed by atoms with van der Waals surface area (Å²) in [5.41, 5.74) is -0.609. The molecule has 2 aliphatic carbocycles. The fraction of sp³-hybridized carbons (Fsp3) is 0.350. The van der Waals surface area contributed by atoms with Crippen LogP contribution in [0.3, 0.4) is 0 Å². The number of aromatic nitrogens is 2. The molecule has 5 nitrogen and oxygen atoms in total. The molecule has 1 heterocycles. The number of carbonyl (C=O) groups excluding carboxylic acids is 1. The molecule has 2 aromatic rings. The van der Waals surface area contributed by atoms with Crippen LogP contribution in [0.25, 0.3) is 6.08 Å². The number of hydrogen-bond acceptors (Lipinski definition) is 5. The van der Waals surface area contributed by atoms with Crippen LogP contribution in [-0.4, -0.2) is 28.6 Å². The summed E-state index contributed by atoms with van der Waals surface area (Å²) < 4.78 is 32.5. The number of rotatable bonds is 6. The van der Waals surface area contributed by atoms with Crippen LogP contribution in [-0.2, 0) is 4.74 Å². The number of nitrogens with zero attached hydrogens (tertiary/aromatic N) is 2. The lowest BCUT2D eigenvalue weighted by Gasteiger charge is -2.17. The third kappa shape index (κ3) is 3.71. The van der Waals surface area contributed by atoms with Crippen molar-refractivity contribution in [3.8, 4) is 0 Å². The number of esters is 1. The zero-order chi connectivity index (χ0) is 19.9. The minimum atomic E-state index is -0.633. The third-order valence-corrected chi connectivity index (χ3v) is 5.27. The molecule has 146 valence electrons. The van der Waals surface area contributed by atoms with Crippen molar-refractivity contribution in [2.24, 2.45) is 0 Å². The second-order valence-corrected chi connectivity index (χ2v) is 7.49. The predicted molar refractivity (Wildman–Crippen MR) is 101 cm³/mol. The quantitative estimate of drug-likeness (QED) is 0.704. The van der Waals surface area contributed by atoms with Gasteiger partial charge in [-0.25, -0.2) is 23.5 Å². The lowest BCUT2D eigenvalue weighted by molar-refractivity contribution is 0.0593. The fourth-order valence-electron chi connectivity index (χ4n) is 2.92. The maximum absolute atomic E-state index is 13.9. The highest BCUT2D eigenvalue weighted by molar-refractivity contribution is 6.35. The monoisotopic (exact) mass is 405 g/mol. The van der Waals surface area contributed by atoms with Crippen LogP contribution in [0, 0.1) is 11.6 Å². The van der Waals surface area contributed by atoms with Gasteiger partial charge in [-0.15, -0.1) is 0 Å². The molecule has 1 N–H and O–H groups in total. The molecule has 2 fully saturated rings. The highest BCUT2D eigenvalue weighted by Gasteiger charge is 2.42. The molecule has 0 radical (unpaired) electrons. The number of anilines is 1. The van der Waals surface area contributed by atoms with E-state index in [4.69, 9.17) is 16.3 Å². The standard InChI is InChI=1S/C20H18ClF2N3O2/c1-28-19(27)16-15(21)18(25-17(24-16)11-5-6-11)26-20(9-10-20)8-7-12-13(22)3-2-4-14(12)23/h2-4,7-8,11H,5-6,9-10H2,1H3,(H,24,25,26)/b8-7+. The number of hydrogen-bond donors (Lipinski definition) is 1. The van der Waals surface area contributed by atoms with E-state index in [-0.39, 0.29) is 22.2 Å². The van der Waals surface area contributed by atoms with Gasteiger partial charge >= 0.3 is 5.97 Å². The Morgan fingerprint density at radius 1 is 1.29 bits per heavy atom. The van der Waals surface area contributed by atoms with Crippen molar-refractivity contribution in [3.63, 3.8) is 0 Å². The predicted octanol–water partition coefficient (Wildman–Crippen LogP) is 4.73. The average molecular weight is 406 g/mol. The Kier molecular flexibility index (Phi) is 4.79. The van der Waals surface area contributed by atoms with Crippen molar-refractivity contribution in [1.82, 2.24) is 9.97 Å². The Morgan fingerprint density at radius 2 is 1.96 bits per heavy atom. The lowest BCUT2D eigenvalue weighted by Crippen LogP contribution is -2.21. The largest absolute Gasteiger partial charge is 0.464 e. The minimum Gasteiger partial charge on any atom is -0.464 e. The number of nitrogens with one attached hydrogen (secondary N) is 1. The zero-order valence-corrected chi connectivity index (χ0v) is 15.9. The molecule has 1 aromatic carbocycles. The second-order valence-electron chi connectivity index (χ2n) is 7.11. The number of benzene rings is 1. The zero-order valence-electron chi connectivity index (χ0n) is 15.1. The summed E-state index contributed by atoms with van der Waals surface area (Å²) >= 11 is 6.35. The van der Waals surface area contributed by atoms with Gasteiger partial charge in [0.15, 0.2) is 5.69 Å². The van der Waals surface area contributed by atoms with Gasteiger partial charge in [-0.2, -0.15) is 0 Å². The van der Waals surface area contributed by atoms with Gasteiger partial charge in [-0.3, -0.25) is 0 Å². The van der Waals surface area contributed by atoms with Crippen LogP contribution in [0.1, 0.15) is 53.5 Å². The highest BCUT2D eigenvalue weighted by atomic mass is 35.5. The Hall–Kier alpha value is -2.54. The van der Waals surface area contributed by atoms with Crippen LogP contribution in [0.2, 0.25) is 5.02 Å². The normalized spacial score (nSPS) is 17.6. The second kappa shape index (κ2) is 7.13. The van der Waals surface area contributed by atoms with Gasteiger partial charge in [0.2, 0.25) is 0 Å². The van der Waals surface area contributed by atoms with Gasteiger partial charge in [-0.05, 0) is 37.8 Å². The van der Waals surface area contributed by atoms with Crippen LogP contribution < -0.4 is 5.32 Å². The molecule has 8 heteroatoms. The molecule has 4 rings (SSSR count). The topological polar surface area (TPSA) is 64.1 Å². The van der Waals surface area contributed by atoms with Gasteiger partial charge in [-0.1, -0.05) is 29.8 Å². The first kappa shape index (κ1) is 18.8. The van der Waals surface area contributed by atoms with Crippen LogP contribution >= 0.6 is 11.6 Å². The molecule has 1 aromatic heterocycles. The van der Waals surface area contributed by atoms with Crippen molar-refractivity contribution in [2.75, 3.05) is 12.4 Å². The molecule has 0 spiro atoms. The van der Waals surface area contributed by atoms with Crippen molar-refractivity contribution in [1.29, 1.82) is 0 Å². The fourth-order valence-corrected chi connectivity index (χ4v) is 3.13. The Balaban J connectivity index is 1.64. The number of ether oxygens (including phenoxy) is 1. The van der Waals surface area contributed by atoms with Crippen molar-refractivity contribution in [3.05, 3.63) is 58.0 Å². The van der Waals surface area contributed by atoms with E-state index in [0.29, 0.717) is 11.6 Å². The Morgan fingerprint density at radius 3 is 2.54 bits per heavy atom. The average Bonchev–Trinajstić information content (AvgIpc) is 3.58. The summed E-state index contributed by atoms with van der Waals surface area (Å²) in [6.07, 6.45) is 6.53. The summed E-state index contributed by atoms with van der Waals surface area (Å²) in [6.45, 7) is 0. The lowest BCUT2D eigenvalue weighted by atomic mass is 10.1. The number of carbonyl (C=O) groups is 1. The maximum atomic E-state index is 13.9. The first-order valence-electron chi connectivity index (χ1n) is 8.99. The molecule has 2 aliphatic rings.